The van der Waals surface area contributed by atoms with Crippen LogP contribution in [0.1, 0.15) is 25.0 Å². The van der Waals surface area contributed by atoms with Crippen molar-refractivity contribution in [2.45, 2.75) is 19.3 Å². The Bertz CT molecular complexity index is 4180. The lowest BCUT2D eigenvalue weighted by Crippen LogP contribution is -2.14. The number of hydrogen-bond acceptors (Lipinski definition) is 0. The van der Waals surface area contributed by atoms with E-state index in [1.165, 1.54) is 142 Å². The second-order valence-electron chi connectivity index (χ2n) is 19.2. The average Bonchev–Trinajstić information content (AvgIpc) is 3.60. The van der Waals surface area contributed by atoms with Crippen LogP contribution in [0.15, 0.2) is 231 Å². The second-order valence-corrected chi connectivity index (χ2v) is 19.2. The minimum atomic E-state index is -0.161. The zero-order chi connectivity index (χ0) is 44.4. The van der Waals surface area contributed by atoms with Crippen molar-refractivity contribution < 1.29 is 0 Å². The van der Waals surface area contributed by atoms with E-state index in [4.69, 9.17) is 0 Å². The van der Waals surface area contributed by atoms with E-state index in [0.717, 1.165) is 0 Å². The molecule has 1 aliphatic carbocycles. The van der Waals surface area contributed by atoms with E-state index in [2.05, 4.69) is 244 Å². The summed E-state index contributed by atoms with van der Waals surface area (Å²) in [6.45, 7) is 4.81. The van der Waals surface area contributed by atoms with E-state index in [9.17, 15) is 0 Å². The molecule has 0 heteroatoms. The third-order valence-electron chi connectivity index (χ3n) is 15.2. The van der Waals surface area contributed by atoms with Crippen LogP contribution in [0.4, 0.5) is 0 Å². The van der Waals surface area contributed by atoms with Gasteiger partial charge in [0.25, 0.3) is 0 Å². The molecule has 0 bridgehead atoms. The first-order valence-corrected chi connectivity index (χ1v) is 23.6. The molecule has 0 saturated carbocycles. The SMILES string of the molecule is CC1(C)c2ccccc2-c2cc3c(-c4ccc5ccccc5c4)c4ccc(-c5c6ccccc6c(-c6ccc7ccccc7c6)c6ccccc56)cc4c(-c4ccc5ccccc5c4)c3cc21. The minimum absolute atomic E-state index is 0.161. The summed E-state index contributed by atoms with van der Waals surface area (Å²) >= 11 is 0. The Morgan fingerprint density at radius 2 is 0.567 bits per heavy atom. The monoisotopic (exact) mass is 848 g/mol. The van der Waals surface area contributed by atoms with Gasteiger partial charge < -0.3 is 0 Å². The molecule has 0 heterocycles. The number of rotatable bonds is 4. The van der Waals surface area contributed by atoms with Gasteiger partial charge in [0.15, 0.2) is 0 Å². The molecule has 67 heavy (non-hydrogen) atoms. The van der Waals surface area contributed by atoms with Gasteiger partial charge in [-0.15, -0.1) is 0 Å². The van der Waals surface area contributed by atoms with E-state index >= 15 is 0 Å². The summed E-state index contributed by atoms with van der Waals surface area (Å²) < 4.78 is 0. The largest absolute Gasteiger partial charge is 0.0619 e. The molecule has 13 aromatic carbocycles. The first-order chi connectivity index (χ1) is 33.0. The van der Waals surface area contributed by atoms with Gasteiger partial charge in [-0.25, -0.2) is 0 Å². The highest BCUT2D eigenvalue weighted by Crippen LogP contribution is 2.54. The standard InChI is InChI=1S/C67H44/c1-67(2)61-26-14-13-21-51(61)57-39-59-60(40-62(57)67)66(49-32-29-43-17-5-8-20-46(43)37-49)58-38-50(33-34-56(58)65(59)48-31-28-42-16-4-7-19-45(42)36-48)64-54-24-11-9-22-52(54)63(53-23-10-12-25-55(53)64)47-30-27-41-15-3-6-18-44(41)35-47/h3-40H,1-2H3. The first kappa shape index (κ1) is 38.0. The fraction of sp³-hybridized carbons (Fsp3) is 0.0448. The summed E-state index contributed by atoms with van der Waals surface area (Å²) in [4.78, 5) is 0. The Morgan fingerprint density at radius 1 is 0.224 bits per heavy atom. The van der Waals surface area contributed by atoms with Crippen molar-refractivity contribution in [3.05, 3.63) is 242 Å². The van der Waals surface area contributed by atoms with Crippen LogP contribution in [0.2, 0.25) is 0 Å². The smallest absolute Gasteiger partial charge is 0.0159 e. The zero-order valence-electron chi connectivity index (χ0n) is 37.4. The predicted octanol–water partition coefficient (Wildman–Crippen LogP) is 18.7. The van der Waals surface area contributed by atoms with Gasteiger partial charge in [-0.3, -0.25) is 0 Å². The third-order valence-corrected chi connectivity index (χ3v) is 15.2. The van der Waals surface area contributed by atoms with Gasteiger partial charge in [-0.2, -0.15) is 0 Å². The fourth-order valence-corrected chi connectivity index (χ4v) is 12.0. The molecular formula is C67H44. The van der Waals surface area contributed by atoms with Crippen LogP contribution in [0.5, 0.6) is 0 Å². The van der Waals surface area contributed by atoms with Crippen LogP contribution < -0.4 is 0 Å². The Kier molecular flexibility index (Phi) is 8.13. The number of benzene rings is 13. The van der Waals surface area contributed by atoms with Crippen molar-refractivity contribution in [2.75, 3.05) is 0 Å². The molecule has 0 fully saturated rings. The molecule has 0 N–H and O–H groups in total. The molecule has 1 aliphatic rings. The van der Waals surface area contributed by atoms with Crippen LogP contribution >= 0.6 is 0 Å². The summed E-state index contributed by atoms with van der Waals surface area (Å²) in [7, 11) is 0. The molecule has 13 aromatic rings. The summed E-state index contributed by atoms with van der Waals surface area (Å²) in [5, 5.41) is 17.6. The molecule has 0 spiro atoms. The van der Waals surface area contributed by atoms with Crippen LogP contribution in [0, 0.1) is 0 Å². The van der Waals surface area contributed by atoms with Crippen LogP contribution in [-0.2, 0) is 5.41 Å². The van der Waals surface area contributed by atoms with E-state index in [-0.39, 0.29) is 5.41 Å². The van der Waals surface area contributed by atoms with Gasteiger partial charge in [0.2, 0.25) is 0 Å². The second kappa shape index (κ2) is 14.3. The summed E-state index contributed by atoms with van der Waals surface area (Å²) in [6, 6.07) is 86.9. The molecule has 0 nitrogen and oxygen atoms in total. The van der Waals surface area contributed by atoms with Crippen LogP contribution in [-0.4, -0.2) is 0 Å². The Morgan fingerprint density at radius 3 is 1.07 bits per heavy atom. The maximum atomic E-state index is 2.56. The topological polar surface area (TPSA) is 0 Å². The average molecular weight is 849 g/mol. The normalized spacial score (nSPS) is 13.0. The van der Waals surface area contributed by atoms with Crippen molar-refractivity contribution in [1.82, 2.24) is 0 Å². The highest BCUT2D eigenvalue weighted by Gasteiger charge is 2.36. The summed E-state index contributed by atoms with van der Waals surface area (Å²) in [5.74, 6) is 0. The van der Waals surface area contributed by atoms with Gasteiger partial charge in [-0.1, -0.05) is 208 Å². The molecule has 0 aromatic heterocycles. The maximum Gasteiger partial charge on any atom is 0.0159 e. The molecule has 0 aliphatic heterocycles. The van der Waals surface area contributed by atoms with Gasteiger partial charge in [0, 0.05) is 5.41 Å². The lowest BCUT2D eigenvalue weighted by molar-refractivity contribution is 0.661. The van der Waals surface area contributed by atoms with Crippen molar-refractivity contribution in [2.24, 2.45) is 0 Å². The Balaban J connectivity index is 1.13. The summed E-state index contributed by atoms with van der Waals surface area (Å²) in [5.41, 5.74) is 15.3. The van der Waals surface area contributed by atoms with E-state index in [1.54, 1.807) is 0 Å². The lowest BCUT2D eigenvalue weighted by Gasteiger charge is -2.24. The lowest BCUT2D eigenvalue weighted by atomic mass is 9.79. The van der Waals surface area contributed by atoms with Crippen LogP contribution in [0.25, 0.3) is 131 Å². The fourth-order valence-electron chi connectivity index (χ4n) is 12.0. The molecule has 312 valence electrons. The van der Waals surface area contributed by atoms with E-state index in [0.29, 0.717) is 0 Å². The van der Waals surface area contributed by atoms with Crippen molar-refractivity contribution in [1.29, 1.82) is 0 Å². The highest BCUT2D eigenvalue weighted by atomic mass is 14.4. The Labute approximate surface area is 390 Å². The van der Waals surface area contributed by atoms with Crippen molar-refractivity contribution >= 4 is 75.4 Å². The molecule has 0 unspecified atom stereocenters. The Hall–Kier alpha value is -8.32. The zero-order valence-corrected chi connectivity index (χ0v) is 37.4. The molecule has 0 radical (unpaired) electrons. The third kappa shape index (κ3) is 5.66. The van der Waals surface area contributed by atoms with Crippen molar-refractivity contribution in [3.63, 3.8) is 0 Å². The van der Waals surface area contributed by atoms with Gasteiger partial charge in [-0.05, 0) is 179 Å². The molecular weight excluding hydrogens is 805 g/mol. The van der Waals surface area contributed by atoms with Gasteiger partial charge >= 0.3 is 0 Å². The minimum Gasteiger partial charge on any atom is -0.0619 e. The quantitative estimate of drug-likeness (QED) is 0.155. The van der Waals surface area contributed by atoms with Gasteiger partial charge in [0.1, 0.15) is 0 Å². The van der Waals surface area contributed by atoms with Crippen molar-refractivity contribution in [3.8, 4) is 55.6 Å². The first-order valence-electron chi connectivity index (χ1n) is 23.6. The maximum absolute atomic E-state index is 2.56. The van der Waals surface area contributed by atoms with E-state index < -0.39 is 0 Å². The van der Waals surface area contributed by atoms with Crippen LogP contribution in [0.3, 0.4) is 0 Å². The highest BCUT2D eigenvalue weighted by molar-refractivity contribution is 6.26. The predicted molar refractivity (Wildman–Crippen MR) is 288 cm³/mol. The number of hydrogen-bond donors (Lipinski definition) is 0. The van der Waals surface area contributed by atoms with Gasteiger partial charge in [0.05, 0.1) is 0 Å². The number of fused-ring (bicyclic) bond motifs is 10. The molecule has 14 rings (SSSR count). The summed E-state index contributed by atoms with van der Waals surface area (Å²) in [6.07, 6.45) is 0. The molecule has 0 amide bonds. The van der Waals surface area contributed by atoms with E-state index in [1.807, 2.05) is 0 Å². The molecule has 0 saturated heterocycles. The molecule has 0 atom stereocenters.